The van der Waals surface area contributed by atoms with Crippen molar-refractivity contribution in [2.75, 3.05) is 43.0 Å². The Morgan fingerprint density at radius 2 is 1.89 bits per heavy atom. The second-order valence-electron chi connectivity index (χ2n) is 7.99. The highest BCUT2D eigenvalue weighted by atomic mass is 35.5. The lowest BCUT2D eigenvalue weighted by Gasteiger charge is -2.16. The molecule has 0 radical (unpaired) electrons. The van der Waals surface area contributed by atoms with Gasteiger partial charge in [0, 0.05) is 17.1 Å². The van der Waals surface area contributed by atoms with Crippen LogP contribution < -0.4 is 26.0 Å². The summed E-state index contributed by atoms with van der Waals surface area (Å²) in [5.74, 6) is 0.316. The topological polar surface area (TPSA) is 132 Å². The molecule has 194 valence electrons. The number of allylic oxidation sites excluding steroid dienone is 1. The first-order valence-corrected chi connectivity index (χ1v) is 14.1. The number of benzene rings is 2. The van der Waals surface area contributed by atoms with Crippen LogP contribution in [0.2, 0.25) is 5.02 Å². The Kier molecular flexibility index (Phi) is 9.27. The smallest absolute Gasteiger partial charge is 0.354 e. The van der Waals surface area contributed by atoms with E-state index in [1.54, 1.807) is 50.6 Å². The van der Waals surface area contributed by atoms with Gasteiger partial charge in [-0.3, -0.25) is 4.79 Å². The zero-order valence-electron chi connectivity index (χ0n) is 20.7. The molecular weight excluding hydrogens is 517 g/mol. The van der Waals surface area contributed by atoms with Gasteiger partial charge in [-0.05, 0) is 50.6 Å². The van der Waals surface area contributed by atoms with E-state index in [1.165, 1.54) is 13.3 Å². The Morgan fingerprint density at radius 3 is 2.57 bits per heavy atom. The molecule has 2 aromatic carbocycles. The van der Waals surface area contributed by atoms with Crippen LogP contribution in [0.25, 0.3) is 0 Å². The predicted octanol–water partition coefficient (Wildman–Crippen LogP) is 4.93. The number of hydrogen-bond acceptors (Lipinski definition) is 10. The zero-order valence-corrected chi connectivity index (χ0v) is 22.4. The molecule has 3 N–H and O–H groups in total. The van der Waals surface area contributed by atoms with E-state index >= 15 is 0 Å². The van der Waals surface area contributed by atoms with Crippen molar-refractivity contribution in [2.24, 2.45) is 0 Å². The van der Waals surface area contributed by atoms with Gasteiger partial charge in [-0.25, -0.2) is 9.78 Å². The number of esters is 1. The third-order valence-corrected chi connectivity index (χ3v) is 6.76. The summed E-state index contributed by atoms with van der Waals surface area (Å²) in [7, 11) is -1.06. The number of ether oxygens (including phenoxy) is 2. The van der Waals surface area contributed by atoms with Gasteiger partial charge in [0.2, 0.25) is 5.95 Å². The highest BCUT2D eigenvalue weighted by molar-refractivity contribution is 7.70. The average molecular weight is 544 g/mol. The Morgan fingerprint density at radius 1 is 1.14 bits per heavy atom. The maximum absolute atomic E-state index is 12.7. The molecule has 0 bridgehead atoms. The highest BCUT2D eigenvalue weighted by Gasteiger charge is 2.18. The maximum Gasteiger partial charge on any atom is 0.354 e. The molecule has 0 spiro atoms. The normalized spacial score (nSPS) is 11.4. The van der Waals surface area contributed by atoms with Gasteiger partial charge in [0.25, 0.3) is 0 Å². The summed E-state index contributed by atoms with van der Waals surface area (Å²) in [5.41, 5.74) is 1.55. The van der Waals surface area contributed by atoms with E-state index in [1.807, 2.05) is 12.1 Å². The molecule has 1 heterocycles. The van der Waals surface area contributed by atoms with Gasteiger partial charge in [0.15, 0.2) is 5.82 Å². The van der Waals surface area contributed by atoms with Crippen molar-refractivity contribution in [3.05, 3.63) is 65.5 Å². The Bertz CT molecular complexity index is 1380. The number of para-hydroxylation sites is 1. The van der Waals surface area contributed by atoms with Crippen LogP contribution in [0.5, 0.6) is 5.75 Å². The fourth-order valence-electron chi connectivity index (χ4n) is 3.29. The first-order chi connectivity index (χ1) is 17.7. The van der Waals surface area contributed by atoms with Crippen LogP contribution in [0.1, 0.15) is 6.92 Å². The molecule has 0 amide bonds. The van der Waals surface area contributed by atoms with Crippen molar-refractivity contribution in [3.8, 4) is 5.75 Å². The number of nitrogens with zero attached hydrogens (tertiary/aromatic N) is 2. The maximum atomic E-state index is 12.7. The molecule has 3 aromatic rings. The summed E-state index contributed by atoms with van der Waals surface area (Å²) in [6.45, 7) is 5.21. The van der Waals surface area contributed by atoms with Crippen molar-refractivity contribution in [2.45, 2.75) is 6.92 Å². The van der Waals surface area contributed by atoms with E-state index in [2.05, 4.69) is 25.9 Å². The molecule has 0 saturated heterocycles. The molecule has 1 aromatic heterocycles. The summed E-state index contributed by atoms with van der Waals surface area (Å²) in [6, 6.07) is 12.2. The summed E-state index contributed by atoms with van der Waals surface area (Å²) in [4.78, 5) is 31.8. The number of aldehydes is 1. The average Bonchev–Trinajstić information content (AvgIpc) is 2.86. The fourth-order valence-corrected chi connectivity index (χ4v) is 4.58. The third kappa shape index (κ3) is 7.31. The largest absolute Gasteiger partial charge is 0.495 e. The monoisotopic (exact) mass is 543 g/mol. The number of anilines is 5. The summed E-state index contributed by atoms with van der Waals surface area (Å²) >= 11 is 6.34. The number of carbonyl (C=O) groups is 2. The molecule has 0 aliphatic carbocycles. The fraction of sp³-hybridized carbons (Fsp3) is 0.200. The quantitative estimate of drug-likeness (QED) is 0.132. The first-order valence-electron chi connectivity index (χ1n) is 11.1. The number of hydrogen-bond donors (Lipinski definition) is 3. The number of rotatable bonds is 11. The third-order valence-electron chi connectivity index (χ3n) is 4.94. The lowest BCUT2D eigenvalue weighted by atomic mass is 10.2. The van der Waals surface area contributed by atoms with Gasteiger partial charge in [-0.2, -0.15) is 4.98 Å². The Labute approximate surface area is 219 Å². The second kappa shape index (κ2) is 12.4. The minimum atomic E-state index is -2.57. The molecule has 0 unspecified atom stereocenters. The van der Waals surface area contributed by atoms with E-state index < -0.39 is 13.1 Å². The van der Waals surface area contributed by atoms with Crippen LogP contribution in [-0.2, 0) is 18.9 Å². The second-order valence-corrected chi connectivity index (χ2v) is 11.6. The molecule has 0 fully saturated rings. The Hall–Kier alpha value is -3.88. The van der Waals surface area contributed by atoms with Crippen molar-refractivity contribution in [3.63, 3.8) is 0 Å². The SMILES string of the molecule is CCOC(=O)/C(=C\C=O)Nc1ccc(OC)c(Nc2ncc(Cl)c(Nc3ccccc3P(C)(C)=O)n2)c1. The van der Waals surface area contributed by atoms with Crippen LogP contribution in [0, 0.1) is 0 Å². The molecule has 0 saturated carbocycles. The molecule has 37 heavy (non-hydrogen) atoms. The molecule has 3 rings (SSSR count). The van der Waals surface area contributed by atoms with Gasteiger partial charge in [0.05, 0.1) is 31.3 Å². The van der Waals surface area contributed by atoms with Crippen molar-refractivity contribution < 1.29 is 23.6 Å². The molecule has 0 aliphatic rings. The molecule has 0 atom stereocenters. The van der Waals surface area contributed by atoms with Crippen molar-refractivity contribution >= 4 is 65.1 Å². The highest BCUT2D eigenvalue weighted by Crippen LogP contribution is 2.39. The van der Waals surface area contributed by atoms with E-state index in [9.17, 15) is 14.2 Å². The number of methoxy groups -OCH3 is 1. The predicted molar refractivity (Wildman–Crippen MR) is 147 cm³/mol. The lowest BCUT2D eigenvalue weighted by Crippen LogP contribution is -2.15. The van der Waals surface area contributed by atoms with Gasteiger partial charge < -0.3 is 30.0 Å². The van der Waals surface area contributed by atoms with Crippen molar-refractivity contribution in [1.82, 2.24) is 9.97 Å². The Balaban J connectivity index is 1.91. The summed E-state index contributed by atoms with van der Waals surface area (Å²) < 4.78 is 23.1. The van der Waals surface area contributed by atoms with Crippen LogP contribution in [0.4, 0.5) is 28.8 Å². The van der Waals surface area contributed by atoms with Crippen LogP contribution in [0.3, 0.4) is 0 Å². The van der Waals surface area contributed by atoms with Crippen LogP contribution >= 0.6 is 18.7 Å². The van der Waals surface area contributed by atoms with Gasteiger partial charge in [0.1, 0.15) is 29.9 Å². The lowest BCUT2D eigenvalue weighted by molar-refractivity contribution is -0.138. The summed E-state index contributed by atoms with van der Waals surface area (Å²) in [6.07, 6.45) is 3.00. The van der Waals surface area contributed by atoms with Crippen LogP contribution in [0.15, 0.2) is 60.4 Å². The zero-order chi connectivity index (χ0) is 27.0. The van der Waals surface area contributed by atoms with Gasteiger partial charge in [-0.1, -0.05) is 23.7 Å². The number of aromatic nitrogens is 2. The summed E-state index contributed by atoms with van der Waals surface area (Å²) in [5, 5.41) is 10.0. The molecule has 12 heteroatoms. The number of halogens is 1. The number of carbonyl (C=O) groups excluding carboxylic acids is 2. The molecule has 0 aliphatic heterocycles. The van der Waals surface area contributed by atoms with E-state index in [-0.39, 0.29) is 23.3 Å². The molecule has 10 nitrogen and oxygen atoms in total. The van der Waals surface area contributed by atoms with E-state index in [0.717, 1.165) is 6.08 Å². The standard InChI is InChI=1S/C25H27ClN5O5P/c1-5-36-24(33)19(12-13-32)28-16-10-11-21(35-2)20(14-16)30-25-27-15-17(26)23(31-25)29-18-8-6-7-9-22(18)37(3,4)34/h6-15,28H,5H2,1-4H3,(H2,27,29,30,31)/b19-12+. The van der Waals surface area contributed by atoms with Crippen molar-refractivity contribution in [1.29, 1.82) is 0 Å². The number of nitrogens with one attached hydrogen (secondary N) is 3. The molecular formula is C25H27ClN5O5P. The minimum absolute atomic E-state index is 0.0231. The van der Waals surface area contributed by atoms with Gasteiger partial charge in [-0.15, -0.1) is 0 Å². The minimum Gasteiger partial charge on any atom is -0.495 e. The van der Waals surface area contributed by atoms with E-state index in [4.69, 9.17) is 21.1 Å². The van der Waals surface area contributed by atoms with Gasteiger partial charge >= 0.3 is 5.97 Å². The first kappa shape index (κ1) is 27.7. The van der Waals surface area contributed by atoms with Crippen LogP contribution in [-0.4, -0.2) is 49.3 Å². The van der Waals surface area contributed by atoms with E-state index in [0.29, 0.717) is 40.2 Å².